The molecule has 1 aromatic rings. The minimum absolute atomic E-state index is 0.151. The van der Waals surface area contributed by atoms with Gasteiger partial charge in [-0.1, -0.05) is 0 Å². The molecule has 2 N–H and O–H groups in total. The van der Waals surface area contributed by atoms with Crippen molar-refractivity contribution in [1.29, 1.82) is 0 Å². The van der Waals surface area contributed by atoms with Crippen molar-refractivity contribution < 1.29 is 13.2 Å². The Bertz CT molecular complexity index is 551. The van der Waals surface area contributed by atoms with Crippen molar-refractivity contribution in [3.8, 4) is 5.75 Å². The summed E-state index contributed by atoms with van der Waals surface area (Å²) in [6.45, 7) is 2.44. The number of hydrogen-bond acceptors (Lipinski definition) is 5. The van der Waals surface area contributed by atoms with Crippen molar-refractivity contribution in [2.75, 3.05) is 46.1 Å². The Balaban J connectivity index is 2.29. The van der Waals surface area contributed by atoms with Crippen molar-refractivity contribution in [2.24, 2.45) is 0 Å². The van der Waals surface area contributed by atoms with E-state index in [1.54, 1.807) is 6.07 Å². The second kappa shape index (κ2) is 5.36. The highest BCUT2D eigenvalue weighted by atomic mass is 32.2. The summed E-state index contributed by atoms with van der Waals surface area (Å²) in [7, 11) is -0.0198. The van der Waals surface area contributed by atoms with Crippen LogP contribution in [0.1, 0.15) is 0 Å². The van der Waals surface area contributed by atoms with Gasteiger partial charge in [0.1, 0.15) is 10.6 Å². The van der Waals surface area contributed by atoms with Gasteiger partial charge >= 0.3 is 0 Å². The van der Waals surface area contributed by atoms with E-state index in [1.165, 1.54) is 23.5 Å². The van der Waals surface area contributed by atoms with E-state index >= 15 is 0 Å². The number of ether oxygens (including phenoxy) is 1. The van der Waals surface area contributed by atoms with Crippen LogP contribution in [0.2, 0.25) is 0 Å². The number of nitrogens with two attached hydrogens (primary N) is 1. The average molecular weight is 285 g/mol. The molecule has 0 aliphatic carbocycles. The van der Waals surface area contributed by atoms with Gasteiger partial charge in [-0.2, -0.15) is 4.31 Å². The monoisotopic (exact) mass is 285 g/mol. The lowest BCUT2D eigenvalue weighted by Crippen LogP contribution is -2.47. The topological polar surface area (TPSA) is 75.9 Å². The van der Waals surface area contributed by atoms with Crippen molar-refractivity contribution >= 4 is 15.7 Å². The zero-order valence-corrected chi connectivity index (χ0v) is 12.0. The van der Waals surface area contributed by atoms with Gasteiger partial charge < -0.3 is 15.4 Å². The molecule has 0 spiro atoms. The van der Waals surface area contributed by atoms with Crippen LogP contribution in [0.3, 0.4) is 0 Å². The summed E-state index contributed by atoms with van der Waals surface area (Å²) in [6, 6.07) is 4.64. The van der Waals surface area contributed by atoms with Crippen LogP contribution in [0.5, 0.6) is 5.75 Å². The maximum absolute atomic E-state index is 12.5. The minimum atomic E-state index is -3.52. The molecule has 1 aliphatic heterocycles. The Morgan fingerprint density at radius 3 is 2.37 bits per heavy atom. The largest absolute Gasteiger partial charge is 0.497 e. The number of likely N-dealkylation sites (N-methyl/N-ethyl adjacent to an activating group) is 1. The van der Waals surface area contributed by atoms with E-state index in [1.807, 2.05) is 7.05 Å². The fourth-order valence-electron chi connectivity index (χ4n) is 2.06. The van der Waals surface area contributed by atoms with Crippen LogP contribution in [0.4, 0.5) is 5.69 Å². The number of rotatable bonds is 3. The van der Waals surface area contributed by atoms with Gasteiger partial charge in [0.2, 0.25) is 10.0 Å². The molecule has 0 radical (unpaired) electrons. The third-order valence-corrected chi connectivity index (χ3v) is 5.27. The SMILES string of the molecule is COc1ccc(S(=O)(=O)N2CCN(C)CC2)c(N)c1. The molecule has 0 unspecified atom stereocenters. The number of hydrogen-bond donors (Lipinski definition) is 1. The Hall–Kier alpha value is -1.31. The molecule has 0 saturated carbocycles. The number of nitrogens with zero attached hydrogens (tertiary/aromatic N) is 2. The van der Waals surface area contributed by atoms with Crippen molar-refractivity contribution in [3.63, 3.8) is 0 Å². The summed E-state index contributed by atoms with van der Waals surface area (Å²) in [5.41, 5.74) is 6.04. The first-order valence-electron chi connectivity index (χ1n) is 6.07. The van der Waals surface area contributed by atoms with Crippen LogP contribution >= 0.6 is 0 Å². The molecule has 6 nitrogen and oxygen atoms in total. The number of piperazine rings is 1. The maximum Gasteiger partial charge on any atom is 0.245 e. The van der Waals surface area contributed by atoms with Crippen LogP contribution in [0.25, 0.3) is 0 Å². The third-order valence-electron chi connectivity index (χ3n) is 3.30. The molecule has 2 rings (SSSR count). The molecule has 1 aromatic carbocycles. The molecule has 0 bridgehead atoms. The van der Waals surface area contributed by atoms with Gasteiger partial charge in [0.15, 0.2) is 0 Å². The molecule has 1 saturated heterocycles. The second-order valence-corrected chi connectivity index (χ2v) is 6.52. The molecule has 1 aliphatic rings. The zero-order chi connectivity index (χ0) is 14.0. The molecule has 19 heavy (non-hydrogen) atoms. The van der Waals surface area contributed by atoms with Gasteiger partial charge in [0.05, 0.1) is 12.8 Å². The van der Waals surface area contributed by atoms with E-state index in [2.05, 4.69) is 4.90 Å². The fourth-order valence-corrected chi connectivity index (χ4v) is 3.57. The van der Waals surface area contributed by atoms with Gasteiger partial charge in [-0.3, -0.25) is 0 Å². The molecule has 1 fully saturated rings. The quantitative estimate of drug-likeness (QED) is 0.804. The summed E-state index contributed by atoms with van der Waals surface area (Å²) >= 11 is 0. The maximum atomic E-state index is 12.5. The molecule has 0 amide bonds. The smallest absolute Gasteiger partial charge is 0.245 e. The van der Waals surface area contributed by atoms with Crippen LogP contribution in [-0.4, -0.2) is 58.0 Å². The average Bonchev–Trinajstić information content (AvgIpc) is 2.38. The van der Waals surface area contributed by atoms with E-state index in [4.69, 9.17) is 10.5 Å². The Labute approximate surface area is 113 Å². The van der Waals surface area contributed by atoms with Gasteiger partial charge in [0, 0.05) is 32.2 Å². The Morgan fingerprint density at radius 2 is 1.84 bits per heavy atom. The number of benzene rings is 1. The van der Waals surface area contributed by atoms with Gasteiger partial charge in [-0.05, 0) is 19.2 Å². The number of methoxy groups -OCH3 is 1. The first-order chi connectivity index (χ1) is 8.95. The van der Waals surface area contributed by atoms with Gasteiger partial charge in [-0.15, -0.1) is 0 Å². The molecular formula is C12H19N3O3S. The highest BCUT2D eigenvalue weighted by molar-refractivity contribution is 7.89. The van der Waals surface area contributed by atoms with E-state index < -0.39 is 10.0 Å². The van der Waals surface area contributed by atoms with E-state index in [0.29, 0.717) is 18.8 Å². The molecule has 106 valence electrons. The summed E-state index contributed by atoms with van der Waals surface area (Å²) in [5, 5.41) is 0. The standard InChI is InChI=1S/C12H19N3O3S/c1-14-5-7-15(8-6-14)19(16,17)12-4-3-10(18-2)9-11(12)13/h3-4,9H,5-8,13H2,1-2H3. The Kier molecular flexibility index (Phi) is 3.98. The summed E-state index contributed by atoms with van der Waals surface area (Å²) < 4.78 is 31.5. The van der Waals surface area contributed by atoms with E-state index in [9.17, 15) is 8.42 Å². The normalized spacial score (nSPS) is 18.4. The lowest BCUT2D eigenvalue weighted by Gasteiger charge is -2.31. The Morgan fingerprint density at radius 1 is 1.21 bits per heavy atom. The summed E-state index contributed by atoms with van der Waals surface area (Å²) in [6.07, 6.45) is 0. The summed E-state index contributed by atoms with van der Waals surface area (Å²) in [5.74, 6) is 0.551. The predicted octanol–water partition coefficient (Wildman–Crippen LogP) is 0.214. The lowest BCUT2D eigenvalue weighted by atomic mass is 10.3. The van der Waals surface area contributed by atoms with Crippen LogP contribution in [0.15, 0.2) is 23.1 Å². The van der Waals surface area contributed by atoms with Crippen LogP contribution in [-0.2, 0) is 10.0 Å². The molecule has 1 heterocycles. The second-order valence-electron chi connectivity index (χ2n) is 4.61. The van der Waals surface area contributed by atoms with Crippen LogP contribution in [0, 0.1) is 0 Å². The van der Waals surface area contributed by atoms with E-state index in [0.717, 1.165) is 13.1 Å². The first kappa shape index (κ1) is 14.1. The lowest BCUT2D eigenvalue weighted by molar-refractivity contribution is 0.222. The number of sulfonamides is 1. The summed E-state index contributed by atoms with van der Waals surface area (Å²) in [4.78, 5) is 2.25. The van der Waals surface area contributed by atoms with Gasteiger partial charge in [0.25, 0.3) is 0 Å². The first-order valence-corrected chi connectivity index (χ1v) is 7.51. The van der Waals surface area contributed by atoms with Crippen LogP contribution < -0.4 is 10.5 Å². The van der Waals surface area contributed by atoms with Crippen molar-refractivity contribution in [2.45, 2.75) is 4.90 Å². The highest BCUT2D eigenvalue weighted by Crippen LogP contribution is 2.26. The van der Waals surface area contributed by atoms with Crippen molar-refractivity contribution in [3.05, 3.63) is 18.2 Å². The number of anilines is 1. The predicted molar refractivity (Wildman–Crippen MR) is 73.7 cm³/mol. The highest BCUT2D eigenvalue weighted by Gasteiger charge is 2.29. The molecule has 0 atom stereocenters. The third kappa shape index (κ3) is 2.83. The van der Waals surface area contributed by atoms with E-state index in [-0.39, 0.29) is 10.6 Å². The fraction of sp³-hybridized carbons (Fsp3) is 0.500. The number of nitrogen functional groups attached to an aromatic ring is 1. The molecule has 0 aromatic heterocycles. The zero-order valence-electron chi connectivity index (χ0n) is 11.2. The molecular weight excluding hydrogens is 266 g/mol. The van der Waals surface area contributed by atoms with Crippen molar-refractivity contribution in [1.82, 2.24) is 9.21 Å². The molecule has 7 heteroatoms. The van der Waals surface area contributed by atoms with Gasteiger partial charge in [-0.25, -0.2) is 8.42 Å². The minimum Gasteiger partial charge on any atom is -0.497 e.